The van der Waals surface area contributed by atoms with Gasteiger partial charge in [-0.05, 0) is 48.9 Å². The van der Waals surface area contributed by atoms with Crippen LogP contribution >= 0.6 is 11.3 Å². The Morgan fingerprint density at radius 3 is 2.39 bits per heavy atom. The first-order chi connectivity index (χ1) is 14.9. The summed E-state index contributed by atoms with van der Waals surface area (Å²) in [6.45, 7) is 2.50. The van der Waals surface area contributed by atoms with Gasteiger partial charge in [-0.25, -0.2) is 8.42 Å². The molecule has 0 spiro atoms. The normalized spacial score (nSPS) is 17.7. The summed E-state index contributed by atoms with van der Waals surface area (Å²) in [6.07, 6.45) is 2.55. The van der Waals surface area contributed by atoms with E-state index in [0.717, 1.165) is 11.3 Å². The number of rotatable bonds is 6. The Morgan fingerprint density at radius 1 is 1.06 bits per heavy atom. The summed E-state index contributed by atoms with van der Waals surface area (Å²) in [7, 11) is -3.53. The first-order valence-corrected chi connectivity index (χ1v) is 12.6. The van der Waals surface area contributed by atoms with Gasteiger partial charge in [-0.2, -0.15) is 4.31 Å². The van der Waals surface area contributed by atoms with Gasteiger partial charge in [0.2, 0.25) is 5.91 Å². The van der Waals surface area contributed by atoms with Crippen LogP contribution in [0.15, 0.2) is 76.4 Å². The molecule has 8 heteroatoms. The van der Waals surface area contributed by atoms with E-state index in [1.165, 1.54) is 15.6 Å². The van der Waals surface area contributed by atoms with E-state index in [4.69, 9.17) is 0 Å². The second-order valence-electron chi connectivity index (χ2n) is 7.73. The van der Waals surface area contributed by atoms with E-state index in [9.17, 15) is 13.2 Å². The number of pyridine rings is 1. The van der Waals surface area contributed by atoms with Crippen molar-refractivity contribution in [1.29, 1.82) is 0 Å². The summed E-state index contributed by atoms with van der Waals surface area (Å²) in [5.41, 5.74) is 0.914. The zero-order valence-corrected chi connectivity index (χ0v) is 18.9. The Hall–Kier alpha value is -2.55. The van der Waals surface area contributed by atoms with Crippen LogP contribution in [0.5, 0.6) is 0 Å². The van der Waals surface area contributed by atoms with Gasteiger partial charge in [-0.15, -0.1) is 11.3 Å². The highest BCUT2D eigenvalue weighted by Gasteiger charge is 2.45. The summed E-state index contributed by atoms with van der Waals surface area (Å²) in [5, 5.41) is 4.88. The Labute approximate surface area is 187 Å². The molecule has 0 bridgehead atoms. The molecular formula is C23H25N3O3S2. The van der Waals surface area contributed by atoms with Gasteiger partial charge in [0.1, 0.15) is 4.21 Å². The number of benzene rings is 1. The Bertz CT molecular complexity index is 1110. The molecule has 0 saturated carbocycles. The molecule has 1 aromatic carbocycles. The van der Waals surface area contributed by atoms with E-state index in [2.05, 4.69) is 10.3 Å². The molecule has 4 rings (SSSR count). The topological polar surface area (TPSA) is 79.4 Å². The smallest absolute Gasteiger partial charge is 0.252 e. The third-order valence-electron chi connectivity index (χ3n) is 5.91. The van der Waals surface area contributed by atoms with Gasteiger partial charge >= 0.3 is 0 Å². The minimum absolute atomic E-state index is 0.0926. The molecule has 1 N–H and O–H groups in total. The van der Waals surface area contributed by atoms with Crippen LogP contribution in [0.3, 0.4) is 0 Å². The molecule has 0 aliphatic carbocycles. The third kappa shape index (κ3) is 4.28. The summed E-state index contributed by atoms with van der Waals surface area (Å²) >= 11 is 1.22. The molecule has 1 aliphatic rings. The fourth-order valence-electron chi connectivity index (χ4n) is 4.09. The number of sulfonamides is 1. The van der Waals surface area contributed by atoms with Crippen LogP contribution in [0.1, 0.15) is 37.1 Å². The lowest BCUT2D eigenvalue weighted by Gasteiger charge is -2.40. The average Bonchev–Trinajstić information content (AvgIpc) is 3.36. The fourth-order valence-corrected chi connectivity index (χ4v) is 6.68. The van der Waals surface area contributed by atoms with Gasteiger partial charge in [0.05, 0.1) is 17.2 Å². The number of amides is 1. The highest BCUT2D eigenvalue weighted by atomic mass is 32.2. The monoisotopic (exact) mass is 455 g/mol. The van der Waals surface area contributed by atoms with Crippen molar-refractivity contribution in [3.8, 4) is 0 Å². The highest BCUT2D eigenvalue weighted by Crippen LogP contribution is 2.38. The van der Waals surface area contributed by atoms with Crippen molar-refractivity contribution in [1.82, 2.24) is 14.6 Å². The van der Waals surface area contributed by atoms with Crippen molar-refractivity contribution in [2.45, 2.75) is 35.4 Å². The third-order valence-corrected chi connectivity index (χ3v) is 9.18. The van der Waals surface area contributed by atoms with E-state index in [1.807, 2.05) is 55.5 Å². The molecule has 3 heterocycles. The van der Waals surface area contributed by atoms with Crippen molar-refractivity contribution < 1.29 is 13.2 Å². The minimum atomic E-state index is -3.53. The summed E-state index contributed by atoms with van der Waals surface area (Å²) in [4.78, 5) is 17.9. The van der Waals surface area contributed by atoms with Crippen molar-refractivity contribution in [3.05, 3.63) is 83.5 Å². The first-order valence-electron chi connectivity index (χ1n) is 10.2. The zero-order chi connectivity index (χ0) is 21.9. The van der Waals surface area contributed by atoms with E-state index in [-0.39, 0.29) is 11.9 Å². The summed E-state index contributed by atoms with van der Waals surface area (Å²) < 4.78 is 27.7. The van der Waals surface area contributed by atoms with Crippen LogP contribution in [0.25, 0.3) is 0 Å². The lowest BCUT2D eigenvalue weighted by atomic mass is 9.72. The quantitative estimate of drug-likeness (QED) is 0.614. The number of carbonyl (C=O) groups is 1. The second kappa shape index (κ2) is 8.90. The Balaban J connectivity index is 1.58. The number of hydrogen-bond acceptors (Lipinski definition) is 5. The fraction of sp³-hybridized carbons (Fsp3) is 0.304. The highest BCUT2D eigenvalue weighted by molar-refractivity contribution is 7.91. The molecule has 162 valence electrons. The molecule has 3 aromatic rings. The number of aromatic nitrogens is 1. The summed E-state index contributed by atoms with van der Waals surface area (Å²) in [6, 6.07) is 18.4. The molecule has 6 nitrogen and oxygen atoms in total. The Morgan fingerprint density at radius 2 is 1.77 bits per heavy atom. The molecular weight excluding hydrogens is 430 g/mol. The predicted octanol–water partition coefficient (Wildman–Crippen LogP) is 3.74. The maximum atomic E-state index is 13.6. The zero-order valence-electron chi connectivity index (χ0n) is 17.3. The number of nitrogens with zero attached hydrogens (tertiary/aromatic N) is 2. The van der Waals surface area contributed by atoms with E-state index >= 15 is 0 Å². The van der Waals surface area contributed by atoms with Crippen molar-refractivity contribution in [3.63, 3.8) is 0 Å². The number of hydrogen-bond donors (Lipinski definition) is 1. The van der Waals surface area contributed by atoms with E-state index < -0.39 is 15.4 Å². The number of piperidine rings is 1. The molecule has 1 amide bonds. The van der Waals surface area contributed by atoms with Crippen LogP contribution in [0.4, 0.5) is 0 Å². The first kappa shape index (κ1) is 21.7. The molecule has 1 unspecified atom stereocenters. The molecule has 1 aliphatic heterocycles. The van der Waals surface area contributed by atoms with Gasteiger partial charge in [0, 0.05) is 19.3 Å². The molecule has 0 radical (unpaired) electrons. The van der Waals surface area contributed by atoms with E-state index in [0.29, 0.717) is 30.1 Å². The Kier molecular flexibility index (Phi) is 6.22. The number of nitrogens with one attached hydrogen (secondary N) is 1. The molecule has 31 heavy (non-hydrogen) atoms. The van der Waals surface area contributed by atoms with Crippen LogP contribution < -0.4 is 5.32 Å². The molecule has 1 fully saturated rings. The lowest BCUT2D eigenvalue weighted by Crippen LogP contribution is -2.53. The molecule has 1 saturated heterocycles. The van der Waals surface area contributed by atoms with Gasteiger partial charge in [-0.1, -0.05) is 42.5 Å². The molecule has 2 aromatic heterocycles. The predicted molar refractivity (Wildman–Crippen MR) is 121 cm³/mol. The van der Waals surface area contributed by atoms with Crippen molar-refractivity contribution >= 4 is 27.3 Å². The average molecular weight is 456 g/mol. The summed E-state index contributed by atoms with van der Waals surface area (Å²) in [5.74, 6) is -0.0926. The van der Waals surface area contributed by atoms with Crippen LogP contribution in [-0.2, 0) is 20.2 Å². The SMILES string of the molecule is CC(NC(=O)C1(c2ccccc2)CCN(S(=O)(=O)c2cccs2)CC1)c1ccccn1. The number of carbonyl (C=O) groups excluding carboxylic acids is 1. The maximum absolute atomic E-state index is 13.6. The van der Waals surface area contributed by atoms with Gasteiger partial charge < -0.3 is 5.32 Å². The van der Waals surface area contributed by atoms with Crippen LogP contribution in [-0.4, -0.2) is 36.7 Å². The van der Waals surface area contributed by atoms with Crippen LogP contribution in [0, 0.1) is 0 Å². The molecule has 1 atom stereocenters. The lowest BCUT2D eigenvalue weighted by molar-refractivity contribution is -0.129. The van der Waals surface area contributed by atoms with Gasteiger partial charge in [-0.3, -0.25) is 9.78 Å². The standard InChI is InChI=1S/C23H25N3O3S2/c1-18(20-10-5-6-14-24-20)25-22(27)23(19-8-3-2-4-9-19)12-15-26(16-13-23)31(28,29)21-11-7-17-30-21/h2-11,14,17-18H,12-13,15-16H2,1H3,(H,25,27). The minimum Gasteiger partial charge on any atom is -0.347 e. The second-order valence-corrected chi connectivity index (χ2v) is 10.8. The van der Waals surface area contributed by atoms with Crippen molar-refractivity contribution in [2.24, 2.45) is 0 Å². The largest absolute Gasteiger partial charge is 0.347 e. The van der Waals surface area contributed by atoms with E-state index in [1.54, 1.807) is 23.7 Å². The maximum Gasteiger partial charge on any atom is 0.252 e. The van der Waals surface area contributed by atoms with Gasteiger partial charge in [0.15, 0.2) is 0 Å². The number of thiophene rings is 1. The van der Waals surface area contributed by atoms with Crippen molar-refractivity contribution in [2.75, 3.05) is 13.1 Å². The van der Waals surface area contributed by atoms with Crippen LogP contribution in [0.2, 0.25) is 0 Å². The van der Waals surface area contributed by atoms with Gasteiger partial charge in [0.25, 0.3) is 10.0 Å².